The molecular weight excluding hydrogens is 424 g/mol. The quantitative estimate of drug-likeness (QED) is 0.420. The van der Waals surface area contributed by atoms with Crippen LogP contribution in [0.5, 0.6) is 5.75 Å². The first-order valence-electron chi connectivity index (χ1n) is 8.60. The van der Waals surface area contributed by atoms with Crippen LogP contribution in [0.15, 0.2) is 69.5 Å². The van der Waals surface area contributed by atoms with Crippen molar-refractivity contribution in [2.45, 2.75) is 13.5 Å². The number of benzene rings is 2. The average Bonchev–Trinajstić information content (AvgIpc) is 3.11. The van der Waals surface area contributed by atoms with E-state index in [9.17, 15) is 4.79 Å². The zero-order valence-corrected chi connectivity index (χ0v) is 17.1. The molecule has 0 aliphatic rings. The maximum atomic E-state index is 13.1. The van der Waals surface area contributed by atoms with Crippen LogP contribution in [0.2, 0.25) is 0 Å². The lowest BCUT2D eigenvalue weighted by Crippen LogP contribution is -2.20. The van der Waals surface area contributed by atoms with Crippen molar-refractivity contribution in [1.82, 2.24) is 9.55 Å². The van der Waals surface area contributed by atoms with Gasteiger partial charge in [0.1, 0.15) is 10.6 Å². The SMILES string of the molecule is CCOc1ccc(-c2csc3ncn(Cc4ccc(Br)cc4)c(=O)c23)cc1. The summed E-state index contributed by atoms with van der Waals surface area (Å²) in [6.45, 7) is 3.08. The van der Waals surface area contributed by atoms with E-state index in [1.54, 1.807) is 10.9 Å². The van der Waals surface area contributed by atoms with Crippen molar-refractivity contribution < 1.29 is 4.74 Å². The normalized spacial score (nSPS) is 11.0. The fourth-order valence-electron chi connectivity index (χ4n) is 2.98. The van der Waals surface area contributed by atoms with E-state index in [0.29, 0.717) is 18.5 Å². The molecule has 2 aromatic carbocycles. The summed E-state index contributed by atoms with van der Waals surface area (Å²) in [5, 5.41) is 2.67. The van der Waals surface area contributed by atoms with Crippen molar-refractivity contribution in [2.75, 3.05) is 6.61 Å². The van der Waals surface area contributed by atoms with E-state index in [2.05, 4.69) is 20.9 Å². The Morgan fingerprint density at radius 2 is 1.85 bits per heavy atom. The topological polar surface area (TPSA) is 44.1 Å². The Bertz CT molecular complexity index is 1130. The van der Waals surface area contributed by atoms with Crippen molar-refractivity contribution in [2.24, 2.45) is 0 Å². The number of nitrogens with zero attached hydrogens (tertiary/aromatic N) is 2. The fourth-order valence-corrected chi connectivity index (χ4v) is 4.15. The van der Waals surface area contributed by atoms with Gasteiger partial charge in [-0.1, -0.05) is 40.2 Å². The molecule has 2 heterocycles. The zero-order valence-electron chi connectivity index (χ0n) is 14.7. The maximum Gasteiger partial charge on any atom is 0.263 e. The molecule has 6 heteroatoms. The van der Waals surface area contributed by atoms with E-state index in [1.807, 2.05) is 60.8 Å². The number of hydrogen-bond acceptors (Lipinski definition) is 4. The summed E-state index contributed by atoms with van der Waals surface area (Å²) in [6, 6.07) is 15.8. The van der Waals surface area contributed by atoms with Crippen LogP contribution in [0.1, 0.15) is 12.5 Å². The molecule has 0 saturated heterocycles. The van der Waals surface area contributed by atoms with Gasteiger partial charge in [-0.3, -0.25) is 9.36 Å². The summed E-state index contributed by atoms with van der Waals surface area (Å²) in [4.78, 5) is 18.4. The maximum absolute atomic E-state index is 13.1. The molecule has 4 aromatic rings. The lowest BCUT2D eigenvalue weighted by molar-refractivity contribution is 0.340. The molecule has 0 aliphatic heterocycles. The number of rotatable bonds is 5. The lowest BCUT2D eigenvalue weighted by Gasteiger charge is -2.07. The molecule has 0 aliphatic carbocycles. The Morgan fingerprint density at radius 3 is 2.56 bits per heavy atom. The Balaban J connectivity index is 1.74. The first-order valence-corrected chi connectivity index (χ1v) is 10.3. The number of ether oxygens (including phenoxy) is 1. The highest BCUT2D eigenvalue weighted by Gasteiger charge is 2.13. The molecule has 0 bridgehead atoms. The second-order valence-electron chi connectivity index (χ2n) is 6.09. The molecule has 4 rings (SSSR count). The third kappa shape index (κ3) is 3.68. The lowest BCUT2D eigenvalue weighted by atomic mass is 10.1. The van der Waals surface area contributed by atoms with E-state index < -0.39 is 0 Å². The van der Waals surface area contributed by atoms with Gasteiger partial charge >= 0.3 is 0 Å². The highest BCUT2D eigenvalue weighted by molar-refractivity contribution is 9.10. The molecule has 0 spiro atoms. The van der Waals surface area contributed by atoms with Crippen molar-refractivity contribution in [3.05, 3.63) is 80.6 Å². The number of fused-ring (bicyclic) bond motifs is 1. The number of halogens is 1. The fraction of sp³-hybridized carbons (Fsp3) is 0.143. The van der Waals surface area contributed by atoms with Gasteiger partial charge in [0.25, 0.3) is 5.56 Å². The molecular formula is C21H17BrN2O2S. The summed E-state index contributed by atoms with van der Waals surface area (Å²) in [7, 11) is 0. The van der Waals surface area contributed by atoms with Crippen molar-refractivity contribution in [3.63, 3.8) is 0 Å². The Labute approximate surface area is 169 Å². The van der Waals surface area contributed by atoms with Crippen LogP contribution in [-0.4, -0.2) is 16.2 Å². The molecule has 0 amide bonds. The first-order chi connectivity index (χ1) is 13.2. The van der Waals surface area contributed by atoms with Crippen molar-refractivity contribution in [3.8, 4) is 16.9 Å². The van der Waals surface area contributed by atoms with Crippen molar-refractivity contribution in [1.29, 1.82) is 0 Å². The molecule has 2 aromatic heterocycles. The Kier molecular flexibility index (Phi) is 5.09. The highest BCUT2D eigenvalue weighted by Crippen LogP contribution is 2.31. The largest absolute Gasteiger partial charge is 0.494 e. The van der Waals surface area contributed by atoms with Gasteiger partial charge in [-0.05, 0) is 42.3 Å². The second-order valence-corrected chi connectivity index (χ2v) is 7.86. The van der Waals surface area contributed by atoms with Crippen LogP contribution >= 0.6 is 27.3 Å². The minimum atomic E-state index is -0.0203. The average molecular weight is 441 g/mol. The summed E-state index contributed by atoms with van der Waals surface area (Å²) in [5.41, 5.74) is 2.94. The van der Waals surface area contributed by atoms with Gasteiger partial charge in [0.2, 0.25) is 0 Å². The van der Waals surface area contributed by atoms with Gasteiger partial charge in [-0.2, -0.15) is 0 Å². The standard InChI is InChI=1S/C21H17BrN2O2S/c1-2-26-17-9-5-15(6-10-17)18-12-27-20-19(18)21(25)24(13-23-20)11-14-3-7-16(22)8-4-14/h3-10,12-13H,2,11H2,1H3. The van der Waals surface area contributed by atoms with Gasteiger partial charge in [0.05, 0.1) is 24.9 Å². The highest BCUT2D eigenvalue weighted by atomic mass is 79.9. The minimum Gasteiger partial charge on any atom is -0.494 e. The van der Waals surface area contributed by atoms with Crippen molar-refractivity contribution >= 4 is 37.5 Å². The molecule has 0 atom stereocenters. The van der Waals surface area contributed by atoms with Crippen LogP contribution in [-0.2, 0) is 6.54 Å². The second kappa shape index (κ2) is 7.66. The van der Waals surface area contributed by atoms with E-state index in [4.69, 9.17) is 4.74 Å². The predicted octanol–water partition coefficient (Wildman–Crippen LogP) is 5.33. The zero-order chi connectivity index (χ0) is 18.8. The van der Waals surface area contributed by atoms with E-state index >= 15 is 0 Å². The number of aromatic nitrogens is 2. The van der Waals surface area contributed by atoms with Gasteiger partial charge in [0.15, 0.2) is 0 Å². The van der Waals surface area contributed by atoms with E-state index in [0.717, 1.165) is 31.7 Å². The summed E-state index contributed by atoms with van der Waals surface area (Å²) in [5.74, 6) is 0.826. The third-order valence-corrected chi connectivity index (χ3v) is 5.72. The number of hydrogen-bond donors (Lipinski definition) is 0. The molecule has 0 N–H and O–H groups in total. The molecule has 136 valence electrons. The van der Waals surface area contributed by atoms with Crippen LogP contribution in [0.3, 0.4) is 0 Å². The summed E-state index contributed by atoms with van der Waals surface area (Å²) < 4.78 is 8.18. The first kappa shape index (κ1) is 17.9. The minimum absolute atomic E-state index is 0.0203. The summed E-state index contributed by atoms with van der Waals surface area (Å²) in [6.07, 6.45) is 1.63. The molecule has 27 heavy (non-hydrogen) atoms. The predicted molar refractivity (Wildman–Crippen MR) is 114 cm³/mol. The van der Waals surface area contributed by atoms with Gasteiger partial charge in [-0.25, -0.2) is 4.98 Å². The van der Waals surface area contributed by atoms with Gasteiger partial charge < -0.3 is 4.74 Å². The monoisotopic (exact) mass is 440 g/mol. The molecule has 0 radical (unpaired) electrons. The molecule has 0 unspecified atom stereocenters. The van der Waals surface area contributed by atoms with Crippen LogP contribution in [0.4, 0.5) is 0 Å². The van der Waals surface area contributed by atoms with Crippen LogP contribution in [0, 0.1) is 0 Å². The van der Waals surface area contributed by atoms with Gasteiger partial charge in [-0.15, -0.1) is 11.3 Å². The Morgan fingerprint density at radius 1 is 1.11 bits per heavy atom. The number of thiophene rings is 1. The van der Waals surface area contributed by atoms with Crippen LogP contribution < -0.4 is 10.3 Å². The molecule has 0 fully saturated rings. The smallest absolute Gasteiger partial charge is 0.263 e. The molecule has 4 nitrogen and oxygen atoms in total. The van der Waals surface area contributed by atoms with Crippen LogP contribution in [0.25, 0.3) is 21.3 Å². The Hall–Kier alpha value is -2.44. The van der Waals surface area contributed by atoms with E-state index in [1.165, 1.54) is 11.3 Å². The third-order valence-electron chi connectivity index (χ3n) is 4.30. The molecule has 0 saturated carbocycles. The van der Waals surface area contributed by atoms with E-state index in [-0.39, 0.29) is 5.56 Å². The summed E-state index contributed by atoms with van der Waals surface area (Å²) >= 11 is 4.93. The van der Waals surface area contributed by atoms with Gasteiger partial charge in [0, 0.05) is 15.4 Å².